The fourth-order valence-corrected chi connectivity index (χ4v) is 4.50. The highest BCUT2D eigenvalue weighted by Gasteiger charge is 2.66. The van der Waals surface area contributed by atoms with Crippen molar-refractivity contribution in [1.29, 1.82) is 0 Å². The predicted molar refractivity (Wildman–Crippen MR) is 90.7 cm³/mol. The maximum absolute atomic E-state index is 13.3. The summed E-state index contributed by atoms with van der Waals surface area (Å²) in [7, 11) is 0. The lowest BCUT2D eigenvalue weighted by Crippen LogP contribution is -2.53. The summed E-state index contributed by atoms with van der Waals surface area (Å²) in [6.07, 6.45) is -9.88. The number of alkyl halides is 6. The second-order valence-corrected chi connectivity index (χ2v) is 7.58. The van der Waals surface area contributed by atoms with Crippen molar-refractivity contribution in [2.45, 2.75) is 37.9 Å². The summed E-state index contributed by atoms with van der Waals surface area (Å²) in [5.74, 6) is -8.08. The molecule has 3 N–H and O–H groups in total. The van der Waals surface area contributed by atoms with Crippen LogP contribution in [0.3, 0.4) is 0 Å². The molecule has 0 saturated carbocycles. The highest BCUT2D eigenvalue weighted by Crippen LogP contribution is 2.48. The van der Waals surface area contributed by atoms with Gasteiger partial charge in [0.2, 0.25) is 0 Å². The highest BCUT2D eigenvalue weighted by atomic mass is 19.4. The Balaban J connectivity index is 1.84. The van der Waals surface area contributed by atoms with Crippen molar-refractivity contribution in [2.24, 2.45) is 17.8 Å². The topological polar surface area (TPSA) is 108 Å². The van der Waals surface area contributed by atoms with Crippen LogP contribution in [0.15, 0.2) is 6.20 Å². The Morgan fingerprint density at radius 2 is 1.84 bits per heavy atom. The summed E-state index contributed by atoms with van der Waals surface area (Å²) in [4.78, 5) is 25.0. The van der Waals surface area contributed by atoms with E-state index in [9.17, 15) is 41.0 Å². The smallest absolute Gasteiger partial charge is 0.402 e. The molecule has 0 aliphatic carbocycles. The number of ether oxygens (including phenoxy) is 1. The summed E-state index contributed by atoms with van der Waals surface area (Å²) in [5, 5.41) is 17.6. The molecule has 0 spiro atoms. The number of fused-ring (bicyclic) bond motifs is 1. The van der Waals surface area contributed by atoms with Crippen LogP contribution in [0.5, 0.6) is 0 Å². The number of aliphatic carboxylic acids is 1. The molecule has 174 valence electrons. The molecule has 1 aromatic heterocycles. The van der Waals surface area contributed by atoms with Crippen LogP contribution < -0.4 is 5.32 Å². The standard InChI is InChI=1S/C17H20F6N4O4/c1-2-31-15(30)10-7(3-24-26-10)4-27-5-8-9(6-27)12(14(28)29)25-11(8)13(16(18,19)20)17(21,22)23/h3,8-9,11-13,25H,2,4-6H2,1H3,(H,24,26)(H,28,29). The Bertz CT molecular complexity index is 812. The van der Waals surface area contributed by atoms with E-state index in [2.05, 4.69) is 15.5 Å². The van der Waals surface area contributed by atoms with Crippen LogP contribution in [0.2, 0.25) is 0 Å². The molecule has 0 aromatic carbocycles. The lowest BCUT2D eigenvalue weighted by atomic mass is 9.84. The quantitative estimate of drug-likeness (QED) is 0.441. The summed E-state index contributed by atoms with van der Waals surface area (Å²) < 4.78 is 84.6. The van der Waals surface area contributed by atoms with Crippen molar-refractivity contribution in [3.8, 4) is 0 Å². The molecular formula is C17H20F6N4O4. The molecule has 2 fully saturated rings. The van der Waals surface area contributed by atoms with Gasteiger partial charge in [-0.2, -0.15) is 31.4 Å². The van der Waals surface area contributed by atoms with Crippen LogP contribution in [0.25, 0.3) is 0 Å². The van der Waals surface area contributed by atoms with Gasteiger partial charge in [0.05, 0.1) is 12.8 Å². The average Bonchev–Trinajstić information content (AvgIpc) is 3.29. The molecule has 1 aromatic rings. The van der Waals surface area contributed by atoms with E-state index in [4.69, 9.17) is 4.74 Å². The third-order valence-electron chi connectivity index (χ3n) is 5.67. The van der Waals surface area contributed by atoms with Crippen LogP contribution in [0.4, 0.5) is 26.3 Å². The number of hydrogen-bond donors (Lipinski definition) is 3. The van der Waals surface area contributed by atoms with E-state index >= 15 is 0 Å². The second-order valence-electron chi connectivity index (χ2n) is 7.58. The minimum Gasteiger partial charge on any atom is -0.480 e. The fraction of sp³-hybridized carbons (Fsp3) is 0.706. The maximum atomic E-state index is 13.3. The molecule has 3 rings (SSSR count). The fourth-order valence-electron chi connectivity index (χ4n) is 4.50. The number of hydrogen-bond acceptors (Lipinski definition) is 6. The Hall–Kier alpha value is -2.35. The molecule has 8 nitrogen and oxygen atoms in total. The number of aromatic nitrogens is 2. The summed E-state index contributed by atoms with van der Waals surface area (Å²) in [6, 6.07) is -3.69. The van der Waals surface area contributed by atoms with Crippen molar-refractivity contribution < 1.29 is 45.8 Å². The first-order valence-corrected chi connectivity index (χ1v) is 9.38. The van der Waals surface area contributed by atoms with E-state index in [1.807, 2.05) is 0 Å². The number of likely N-dealkylation sites (tertiary alicyclic amines) is 1. The predicted octanol–water partition coefficient (Wildman–Crippen LogP) is 1.80. The zero-order valence-corrected chi connectivity index (χ0v) is 16.1. The van der Waals surface area contributed by atoms with E-state index in [1.165, 1.54) is 11.1 Å². The van der Waals surface area contributed by atoms with Gasteiger partial charge in [0.25, 0.3) is 0 Å². The Morgan fingerprint density at radius 3 is 2.39 bits per heavy atom. The van der Waals surface area contributed by atoms with E-state index in [0.29, 0.717) is 5.56 Å². The monoisotopic (exact) mass is 458 g/mol. The van der Waals surface area contributed by atoms with Gasteiger partial charge >= 0.3 is 24.3 Å². The molecular weight excluding hydrogens is 438 g/mol. The number of esters is 1. The van der Waals surface area contributed by atoms with Gasteiger partial charge in [-0.15, -0.1) is 0 Å². The van der Waals surface area contributed by atoms with Crippen molar-refractivity contribution in [1.82, 2.24) is 20.4 Å². The van der Waals surface area contributed by atoms with E-state index in [0.717, 1.165) is 0 Å². The minimum atomic E-state index is -5.59. The Kier molecular flexibility index (Phi) is 6.24. The molecule has 3 heterocycles. The summed E-state index contributed by atoms with van der Waals surface area (Å²) in [6.45, 7) is 1.41. The Labute approximate surface area is 171 Å². The molecule has 0 amide bonds. The molecule has 2 aliphatic rings. The second kappa shape index (κ2) is 8.30. The third kappa shape index (κ3) is 4.63. The van der Waals surface area contributed by atoms with Gasteiger partial charge in [-0.05, 0) is 12.8 Å². The molecule has 2 saturated heterocycles. The number of rotatable bonds is 6. The van der Waals surface area contributed by atoms with Crippen molar-refractivity contribution in [3.05, 3.63) is 17.5 Å². The lowest BCUT2D eigenvalue weighted by molar-refractivity contribution is -0.293. The molecule has 0 radical (unpaired) electrons. The zero-order chi connectivity index (χ0) is 23.1. The van der Waals surface area contributed by atoms with Gasteiger partial charge in [0, 0.05) is 37.2 Å². The number of carboxylic acid groups (broad SMARTS) is 1. The van der Waals surface area contributed by atoms with Gasteiger partial charge in [0.15, 0.2) is 5.92 Å². The molecule has 0 bridgehead atoms. The van der Waals surface area contributed by atoms with Crippen LogP contribution in [-0.2, 0) is 16.1 Å². The van der Waals surface area contributed by atoms with Crippen LogP contribution in [0.1, 0.15) is 23.0 Å². The van der Waals surface area contributed by atoms with E-state index < -0.39 is 54.1 Å². The van der Waals surface area contributed by atoms with Crippen molar-refractivity contribution in [2.75, 3.05) is 19.7 Å². The first-order chi connectivity index (χ1) is 14.3. The Morgan fingerprint density at radius 1 is 1.23 bits per heavy atom. The molecule has 31 heavy (non-hydrogen) atoms. The highest BCUT2D eigenvalue weighted by molar-refractivity contribution is 5.88. The maximum Gasteiger partial charge on any atom is 0.402 e. The zero-order valence-electron chi connectivity index (χ0n) is 16.1. The van der Waals surface area contributed by atoms with Crippen LogP contribution in [-0.4, -0.2) is 76.3 Å². The summed E-state index contributed by atoms with van der Waals surface area (Å²) in [5.41, 5.74) is 0.366. The SMILES string of the molecule is CCOC(=O)c1[nH]ncc1CN1CC2C(C(=O)O)NC(C(C(F)(F)F)C(F)(F)F)C2C1. The van der Waals surface area contributed by atoms with Gasteiger partial charge < -0.3 is 15.2 Å². The van der Waals surface area contributed by atoms with Gasteiger partial charge in [-0.3, -0.25) is 14.8 Å². The van der Waals surface area contributed by atoms with Gasteiger partial charge in [0.1, 0.15) is 11.7 Å². The van der Waals surface area contributed by atoms with E-state index in [-0.39, 0.29) is 31.9 Å². The third-order valence-corrected chi connectivity index (χ3v) is 5.67. The van der Waals surface area contributed by atoms with Crippen LogP contribution >= 0.6 is 0 Å². The van der Waals surface area contributed by atoms with Crippen molar-refractivity contribution >= 4 is 11.9 Å². The van der Waals surface area contributed by atoms with Crippen molar-refractivity contribution in [3.63, 3.8) is 0 Å². The lowest BCUT2D eigenvalue weighted by Gasteiger charge is -2.32. The largest absolute Gasteiger partial charge is 0.480 e. The number of H-pyrrole nitrogens is 1. The molecule has 4 unspecified atom stereocenters. The number of carbonyl (C=O) groups excluding carboxylic acids is 1. The number of carboxylic acids is 1. The molecule has 14 heteroatoms. The van der Waals surface area contributed by atoms with E-state index in [1.54, 1.807) is 6.92 Å². The number of nitrogens with one attached hydrogen (secondary N) is 2. The normalized spacial score (nSPS) is 27.0. The summed E-state index contributed by atoms with van der Waals surface area (Å²) >= 11 is 0. The number of aromatic amines is 1. The first kappa shape index (κ1) is 23.3. The first-order valence-electron chi connectivity index (χ1n) is 9.38. The number of halogens is 6. The average molecular weight is 458 g/mol. The molecule has 2 aliphatic heterocycles. The van der Waals surface area contributed by atoms with Gasteiger partial charge in [-0.25, -0.2) is 4.79 Å². The number of nitrogens with zero attached hydrogens (tertiary/aromatic N) is 2. The van der Waals surface area contributed by atoms with Crippen LogP contribution in [0, 0.1) is 17.8 Å². The van der Waals surface area contributed by atoms with Gasteiger partial charge in [-0.1, -0.05) is 0 Å². The molecule has 4 atom stereocenters. The minimum absolute atomic E-state index is 0.0145. The number of carbonyl (C=O) groups is 2.